The number of nitrogens with zero attached hydrogens (tertiary/aromatic N) is 3. The van der Waals surface area contributed by atoms with E-state index in [9.17, 15) is 9.90 Å². The van der Waals surface area contributed by atoms with Crippen LogP contribution < -0.4 is 4.90 Å². The normalized spacial score (nSPS) is 10.9. The van der Waals surface area contributed by atoms with Gasteiger partial charge in [-0.3, -0.25) is 4.79 Å². The summed E-state index contributed by atoms with van der Waals surface area (Å²) >= 11 is 0. The molecule has 1 amide bonds. The van der Waals surface area contributed by atoms with Crippen molar-refractivity contribution in [3.8, 4) is 0 Å². The summed E-state index contributed by atoms with van der Waals surface area (Å²) in [5.41, 5.74) is 2.65. The first-order chi connectivity index (χ1) is 11.7. The Morgan fingerprint density at radius 2 is 1.83 bits per heavy atom. The minimum Gasteiger partial charge on any atom is -0.396 e. The van der Waals surface area contributed by atoms with Gasteiger partial charge in [-0.15, -0.1) is 0 Å². The number of amides is 1. The molecule has 0 saturated carbocycles. The summed E-state index contributed by atoms with van der Waals surface area (Å²) in [5.74, 6) is 0.738. The lowest BCUT2D eigenvalue weighted by Crippen LogP contribution is -2.34. The number of carbonyl (C=O) groups excluding carboxylic acids is 1. The molecule has 0 bridgehead atoms. The van der Waals surface area contributed by atoms with E-state index in [1.54, 1.807) is 4.90 Å². The minimum absolute atomic E-state index is 0.00560. The van der Waals surface area contributed by atoms with Gasteiger partial charge >= 0.3 is 0 Å². The van der Waals surface area contributed by atoms with Gasteiger partial charge in [-0.05, 0) is 31.2 Å². The van der Waals surface area contributed by atoms with Crippen molar-refractivity contribution in [2.24, 2.45) is 0 Å². The van der Waals surface area contributed by atoms with E-state index in [4.69, 9.17) is 0 Å². The zero-order chi connectivity index (χ0) is 16.9. The highest BCUT2D eigenvalue weighted by Gasteiger charge is 2.18. The van der Waals surface area contributed by atoms with Gasteiger partial charge in [0, 0.05) is 18.7 Å². The Bertz CT molecular complexity index is 827. The van der Waals surface area contributed by atoms with Crippen molar-refractivity contribution in [1.29, 1.82) is 0 Å². The highest BCUT2D eigenvalue weighted by Crippen LogP contribution is 2.19. The molecule has 0 aliphatic heterocycles. The van der Waals surface area contributed by atoms with E-state index in [-0.39, 0.29) is 19.1 Å². The first-order valence-electron chi connectivity index (χ1n) is 8.15. The number of hydrogen-bond acceptors (Lipinski definition) is 3. The molecule has 124 valence electrons. The number of likely N-dealkylation sites (N-methyl/N-ethyl adjacent to an activating group) is 1. The molecule has 0 aliphatic carbocycles. The predicted octanol–water partition coefficient (Wildman–Crippen LogP) is 2.62. The third-order valence-corrected chi connectivity index (χ3v) is 4.05. The molecule has 0 atom stereocenters. The average molecular weight is 323 g/mol. The molecular formula is C19H21N3O2. The van der Waals surface area contributed by atoms with Crippen LogP contribution in [0.15, 0.2) is 54.6 Å². The smallest absolute Gasteiger partial charge is 0.246 e. The van der Waals surface area contributed by atoms with E-state index in [1.807, 2.05) is 66.1 Å². The molecule has 1 heterocycles. The van der Waals surface area contributed by atoms with Crippen LogP contribution in [0.1, 0.15) is 12.7 Å². The molecule has 0 radical (unpaired) electrons. The van der Waals surface area contributed by atoms with Gasteiger partial charge in [-0.1, -0.05) is 30.3 Å². The number of hydrogen-bond donors (Lipinski definition) is 1. The lowest BCUT2D eigenvalue weighted by atomic mass is 10.2. The fourth-order valence-corrected chi connectivity index (χ4v) is 2.92. The van der Waals surface area contributed by atoms with Crippen LogP contribution in [0, 0.1) is 0 Å². The molecule has 2 aromatic carbocycles. The first kappa shape index (κ1) is 16.2. The monoisotopic (exact) mass is 323 g/mol. The number of aliphatic hydroxyl groups excluding tert-OH is 1. The summed E-state index contributed by atoms with van der Waals surface area (Å²) < 4.78 is 1.90. The first-order valence-corrected chi connectivity index (χ1v) is 8.15. The number of imidazole rings is 1. The summed E-state index contributed by atoms with van der Waals surface area (Å²) in [6.07, 6.45) is 0.430. The zero-order valence-electron chi connectivity index (χ0n) is 13.7. The maximum absolute atomic E-state index is 12.9. The third kappa shape index (κ3) is 3.16. The predicted molar refractivity (Wildman–Crippen MR) is 95.0 cm³/mol. The molecule has 5 heteroatoms. The summed E-state index contributed by atoms with van der Waals surface area (Å²) in [4.78, 5) is 19.2. The number of para-hydroxylation sites is 3. The second kappa shape index (κ2) is 7.27. The van der Waals surface area contributed by atoms with E-state index in [1.165, 1.54) is 0 Å². The molecule has 5 nitrogen and oxygen atoms in total. The number of carbonyl (C=O) groups is 1. The standard InChI is InChI=1S/C19H21N3O2/c1-2-21(15-8-4-3-5-9-15)19(24)14-22-17-11-7-6-10-16(17)20-18(22)12-13-23/h3-11,23H,2,12-14H2,1H3. The van der Waals surface area contributed by atoms with Crippen molar-refractivity contribution in [2.45, 2.75) is 19.9 Å². The van der Waals surface area contributed by atoms with Crippen molar-refractivity contribution >= 4 is 22.6 Å². The number of aromatic nitrogens is 2. The number of rotatable bonds is 6. The van der Waals surface area contributed by atoms with E-state index >= 15 is 0 Å². The lowest BCUT2D eigenvalue weighted by Gasteiger charge is -2.22. The van der Waals surface area contributed by atoms with E-state index < -0.39 is 0 Å². The van der Waals surface area contributed by atoms with Gasteiger partial charge in [0.15, 0.2) is 0 Å². The lowest BCUT2D eigenvalue weighted by molar-refractivity contribution is -0.119. The summed E-state index contributed by atoms with van der Waals surface area (Å²) in [7, 11) is 0. The van der Waals surface area contributed by atoms with Gasteiger partial charge in [0.1, 0.15) is 12.4 Å². The topological polar surface area (TPSA) is 58.4 Å². The van der Waals surface area contributed by atoms with Crippen molar-refractivity contribution in [3.05, 3.63) is 60.4 Å². The fraction of sp³-hybridized carbons (Fsp3) is 0.263. The fourth-order valence-electron chi connectivity index (χ4n) is 2.92. The highest BCUT2D eigenvalue weighted by molar-refractivity contribution is 5.94. The van der Waals surface area contributed by atoms with Crippen molar-refractivity contribution in [3.63, 3.8) is 0 Å². The third-order valence-electron chi connectivity index (χ3n) is 4.05. The molecule has 0 spiro atoms. The van der Waals surface area contributed by atoms with Gasteiger partial charge in [0.2, 0.25) is 5.91 Å². The molecule has 1 N–H and O–H groups in total. The van der Waals surface area contributed by atoms with Gasteiger partial charge in [-0.25, -0.2) is 4.98 Å². The van der Waals surface area contributed by atoms with Crippen LogP contribution >= 0.6 is 0 Å². The Labute approximate surface area is 141 Å². The van der Waals surface area contributed by atoms with Crippen molar-refractivity contribution < 1.29 is 9.90 Å². The molecule has 0 unspecified atom stereocenters. The number of benzene rings is 2. The molecule has 24 heavy (non-hydrogen) atoms. The Hall–Kier alpha value is -2.66. The van der Waals surface area contributed by atoms with Gasteiger partial charge in [-0.2, -0.15) is 0 Å². The zero-order valence-corrected chi connectivity index (χ0v) is 13.7. The second-order valence-corrected chi connectivity index (χ2v) is 5.55. The average Bonchev–Trinajstić information content (AvgIpc) is 2.94. The van der Waals surface area contributed by atoms with Crippen LogP contribution in [0.2, 0.25) is 0 Å². The minimum atomic E-state index is 0.00560. The van der Waals surface area contributed by atoms with E-state index in [0.29, 0.717) is 13.0 Å². The highest BCUT2D eigenvalue weighted by atomic mass is 16.3. The molecule has 0 saturated heterocycles. The van der Waals surface area contributed by atoms with Gasteiger partial charge < -0.3 is 14.6 Å². The number of aliphatic hydroxyl groups is 1. The van der Waals surface area contributed by atoms with Crippen LogP contribution in [0.5, 0.6) is 0 Å². The van der Waals surface area contributed by atoms with E-state index in [2.05, 4.69) is 4.98 Å². The van der Waals surface area contributed by atoms with Gasteiger partial charge in [0.05, 0.1) is 17.6 Å². The maximum Gasteiger partial charge on any atom is 0.246 e. The molecule has 3 rings (SSSR count). The number of anilines is 1. The Kier molecular flexibility index (Phi) is 4.91. The summed E-state index contributed by atoms with van der Waals surface area (Å²) in [5, 5.41) is 9.29. The van der Waals surface area contributed by atoms with Crippen molar-refractivity contribution in [1.82, 2.24) is 9.55 Å². The molecule has 3 aromatic rings. The molecular weight excluding hydrogens is 302 g/mol. The largest absolute Gasteiger partial charge is 0.396 e. The second-order valence-electron chi connectivity index (χ2n) is 5.55. The van der Waals surface area contributed by atoms with Crippen molar-refractivity contribution in [2.75, 3.05) is 18.1 Å². The van der Waals surface area contributed by atoms with Crippen LogP contribution in [-0.4, -0.2) is 33.7 Å². The Morgan fingerprint density at radius 1 is 1.12 bits per heavy atom. The van der Waals surface area contributed by atoms with Gasteiger partial charge in [0.25, 0.3) is 0 Å². The molecule has 0 fully saturated rings. The van der Waals surface area contributed by atoms with Crippen LogP contribution in [0.3, 0.4) is 0 Å². The van der Waals surface area contributed by atoms with E-state index in [0.717, 1.165) is 22.5 Å². The summed E-state index contributed by atoms with van der Waals surface area (Å²) in [6, 6.07) is 17.4. The Morgan fingerprint density at radius 3 is 2.54 bits per heavy atom. The van der Waals surface area contributed by atoms with Crippen LogP contribution in [0.4, 0.5) is 5.69 Å². The SMILES string of the molecule is CCN(C(=O)Cn1c(CCO)nc2ccccc21)c1ccccc1. The van der Waals surface area contributed by atoms with Crippen LogP contribution in [-0.2, 0) is 17.8 Å². The number of fused-ring (bicyclic) bond motifs is 1. The molecule has 1 aromatic heterocycles. The Balaban J connectivity index is 1.93. The quantitative estimate of drug-likeness (QED) is 0.758. The molecule has 0 aliphatic rings. The van der Waals surface area contributed by atoms with Crippen LogP contribution in [0.25, 0.3) is 11.0 Å². The summed E-state index contributed by atoms with van der Waals surface area (Å²) in [6.45, 7) is 2.78. The maximum atomic E-state index is 12.9.